The number of nitrogens with two attached hydrogens (primary N) is 1. The zero-order chi connectivity index (χ0) is 14.8. The van der Waals surface area contributed by atoms with Gasteiger partial charge in [0.1, 0.15) is 0 Å². The molecule has 2 atom stereocenters. The summed E-state index contributed by atoms with van der Waals surface area (Å²) in [7, 11) is 0. The van der Waals surface area contributed by atoms with Crippen LogP contribution in [0, 0.1) is 0 Å². The van der Waals surface area contributed by atoms with Crippen molar-refractivity contribution in [1.29, 1.82) is 0 Å². The van der Waals surface area contributed by atoms with Gasteiger partial charge >= 0.3 is 0 Å². The van der Waals surface area contributed by atoms with Crippen LogP contribution in [0.1, 0.15) is 47.5 Å². The van der Waals surface area contributed by atoms with Gasteiger partial charge in [0.25, 0.3) is 0 Å². The fourth-order valence-corrected chi connectivity index (χ4v) is 4.36. The maximum Gasteiger partial charge on any atom is 0.0476 e. The summed E-state index contributed by atoms with van der Waals surface area (Å²) in [6.45, 7) is 6.29. The third-order valence-corrected chi connectivity index (χ3v) is 5.72. The monoisotopic (exact) mass is 300 g/mol. The molecule has 0 fully saturated rings. The highest BCUT2D eigenvalue weighted by molar-refractivity contribution is 7.10. The Kier molecular flexibility index (Phi) is 4.43. The van der Waals surface area contributed by atoms with Crippen LogP contribution in [-0.2, 0) is 12.8 Å². The highest BCUT2D eigenvalue weighted by Crippen LogP contribution is 2.37. The zero-order valence-electron chi connectivity index (χ0n) is 12.9. The van der Waals surface area contributed by atoms with Gasteiger partial charge in [0.15, 0.2) is 0 Å². The third-order valence-electron chi connectivity index (χ3n) is 4.72. The molecule has 2 heterocycles. The molecule has 0 amide bonds. The van der Waals surface area contributed by atoms with Crippen LogP contribution in [0.3, 0.4) is 0 Å². The fourth-order valence-electron chi connectivity index (χ4n) is 3.39. The van der Waals surface area contributed by atoms with Crippen LogP contribution >= 0.6 is 11.3 Å². The Labute approximate surface area is 131 Å². The summed E-state index contributed by atoms with van der Waals surface area (Å²) in [4.78, 5) is 4.12. The van der Waals surface area contributed by atoms with E-state index in [-0.39, 0.29) is 0 Å². The van der Waals surface area contributed by atoms with Gasteiger partial charge in [0.05, 0.1) is 0 Å². The highest BCUT2D eigenvalue weighted by Gasteiger charge is 2.30. The molecule has 0 spiro atoms. The van der Waals surface area contributed by atoms with E-state index >= 15 is 0 Å². The van der Waals surface area contributed by atoms with Crippen LogP contribution in [0.25, 0.3) is 0 Å². The topological polar surface area (TPSA) is 29.3 Å². The minimum Gasteiger partial charge on any atom is -0.329 e. The van der Waals surface area contributed by atoms with Crippen LogP contribution in [0.4, 0.5) is 0 Å². The van der Waals surface area contributed by atoms with Gasteiger partial charge in [-0.2, -0.15) is 0 Å². The molecular formula is C18H24N2S. The first kappa shape index (κ1) is 14.8. The summed E-state index contributed by atoms with van der Waals surface area (Å²) in [6, 6.07) is 12.0. The summed E-state index contributed by atoms with van der Waals surface area (Å²) in [6.07, 6.45) is 2.24. The van der Waals surface area contributed by atoms with Gasteiger partial charge in [-0.3, -0.25) is 4.90 Å². The van der Waals surface area contributed by atoms with Crippen molar-refractivity contribution in [3.05, 3.63) is 57.3 Å². The number of nitrogens with zero attached hydrogens (tertiary/aromatic N) is 1. The molecule has 0 radical (unpaired) electrons. The number of aryl methyl sites for hydroxylation is 1. The zero-order valence-corrected chi connectivity index (χ0v) is 13.7. The Morgan fingerprint density at radius 2 is 2.05 bits per heavy atom. The number of benzene rings is 1. The SMILES string of the molecule is CCc1ccc(C(CN)N2CCc3sccc3C2C)cc1. The summed E-state index contributed by atoms with van der Waals surface area (Å²) >= 11 is 1.89. The number of rotatable bonds is 4. The molecule has 0 aliphatic carbocycles. The Bertz CT molecular complexity index is 588. The van der Waals surface area contributed by atoms with Crippen molar-refractivity contribution in [3.8, 4) is 0 Å². The van der Waals surface area contributed by atoms with Gasteiger partial charge in [0, 0.05) is 30.1 Å². The third kappa shape index (κ3) is 2.78. The average molecular weight is 300 g/mol. The predicted octanol–water partition coefficient (Wildman–Crippen LogP) is 3.93. The molecule has 112 valence electrons. The van der Waals surface area contributed by atoms with Crippen molar-refractivity contribution in [3.63, 3.8) is 0 Å². The standard InChI is InChI=1S/C18H24N2S/c1-3-14-4-6-15(7-5-14)17(12-19)20-10-8-18-16(13(20)2)9-11-21-18/h4-7,9,11,13,17H,3,8,10,12,19H2,1-2H3. The lowest BCUT2D eigenvalue weighted by atomic mass is 9.95. The average Bonchev–Trinajstić information content (AvgIpc) is 3.00. The summed E-state index contributed by atoms with van der Waals surface area (Å²) in [5, 5.41) is 2.22. The second-order valence-corrected chi connectivity index (χ2v) is 6.81. The van der Waals surface area contributed by atoms with Gasteiger partial charge in [-0.25, -0.2) is 0 Å². The second-order valence-electron chi connectivity index (χ2n) is 5.81. The van der Waals surface area contributed by atoms with Crippen molar-refractivity contribution < 1.29 is 0 Å². The van der Waals surface area contributed by atoms with Gasteiger partial charge in [-0.05, 0) is 47.9 Å². The molecule has 0 saturated heterocycles. The molecule has 2 N–H and O–H groups in total. The van der Waals surface area contributed by atoms with Crippen molar-refractivity contribution >= 4 is 11.3 Å². The van der Waals surface area contributed by atoms with E-state index in [0.717, 1.165) is 19.4 Å². The van der Waals surface area contributed by atoms with E-state index in [9.17, 15) is 0 Å². The normalized spacial score (nSPS) is 20.2. The van der Waals surface area contributed by atoms with E-state index in [1.165, 1.54) is 16.7 Å². The van der Waals surface area contributed by atoms with Gasteiger partial charge in [0.2, 0.25) is 0 Å². The molecule has 1 aromatic heterocycles. The number of fused-ring (bicyclic) bond motifs is 1. The van der Waals surface area contributed by atoms with Gasteiger partial charge in [-0.15, -0.1) is 11.3 Å². The smallest absolute Gasteiger partial charge is 0.0476 e. The number of thiophene rings is 1. The first-order chi connectivity index (χ1) is 10.2. The maximum atomic E-state index is 6.12. The Balaban J connectivity index is 1.86. The summed E-state index contributed by atoms with van der Waals surface area (Å²) in [5.74, 6) is 0. The quantitative estimate of drug-likeness (QED) is 0.927. The van der Waals surface area contributed by atoms with Crippen LogP contribution in [0.15, 0.2) is 35.7 Å². The first-order valence-corrected chi connectivity index (χ1v) is 8.73. The molecule has 3 rings (SSSR count). The van der Waals surface area contributed by atoms with E-state index in [0.29, 0.717) is 18.6 Å². The van der Waals surface area contributed by atoms with Crippen molar-refractivity contribution in [2.45, 2.75) is 38.8 Å². The lowest BCUT2D eigenvalue weighted by molar-refractivity contribution is 0.138. The first-order valence-electron chi connectivity index (χ1n) is 7.85. The number of hydrogen-bond acceptors (Lipinski definition) is 3. The molecule has 0 saturated carbocycles. The molecule has 2 aromatic rings. The van der Waals surface area contributed by atoms with E-state index in [1.807, 2.05) is 11.3 Å². The summed E-state index contributed by atoms with van der Waals surface area (Å²) in [5.41, 5.74) is 10.4. The van der Waals surface area contributed by atoms with E-state index in [1.54, 1.807) is 4.88 Å². The second kappa shape index (κ2) is 6.30. The molecule has 2 nitrogen and oxygen atoms in total. The fraction of sp³-hybridized carbons (Fsp3) is 0.444. The lowest BCUT2D eigenvalue weighted by Gasteiger charge is -2.39. The largest absolute Gasteiger partial charge is 0.329 e. The van der Waals surface area contributed by atoms with E-state index in [2.05, 4.69) is 54.5 Å². The van der Waals surface area contributed by atoms with Crippen LogP contribution in [0.5, 0.6) is 0 Å². The molecular weight excluding hydrogens is 276 g/mol. The Morgan fingerprint density at radius 1 is 1.29 bits per heavy atom. The minimum absolute atomic E-state index is 0.318. The molecule has 1 aromatic carbocycles. The maximum absolute atomic E-state index is 6.12. The van der Waals surface area contributed by atoms with Crippen molar-refractivity contribution in [2.75, 3.05) is 13.1 Å². The van der Waals surface area contributed by atoms with E-state index < -0.39 is 0 Å². The summed E-state index contributed by atoms with van der Waals surface area (Å²) < 4.78 is 0. The van der Waals surface area contributed by atoms with Gasteiger partial charge in [-0.1, -0.05) is 31.2 Å². The molecule has 3 heteroatoms. The highest BCUT2D eigenvalue weighted by atomic mass is 32.1. The number of hydrogen-bond donors (Lipinski definition) is 1. The van der Waals surface area contributed by atoms with Crippen molar-refractivity contribution in [2.24, 2.45) is 5.73 Å². The molecule has 1 aliphatic rings. The van der Waals surface area contributed by atoms with Crippen molar-refractivity contribution in [1.82, 2.24) is 4.90 Å². The Morgan fingerprint density at radius 3 is 2.71 bits per heavy atom. The minimum atomic E-state index is 0.318. The van der Waals surface area contributed by atoms with Crippen LogP contribution in [0.2, 0.25) is 0 Å². The Hall–Kier alpha value is -1.16. The van der Waals surface area contributed by atoms with Crippen LogP contribution < -0.4 is 5.73 Å². The van der Waals surface area contributed by atoms with E-state index in [4.69, 9.17) is 5.73 Å². The molecule has 2 unspecified atom stereocenters. The van der Waals surface area contributed by atoms with Crippen LogP contribution in [-0.4, -0.2) is 18.0 Å². The molecule has 0 bridgehead atoms. The van der Waals surface area contributed by atoms with Gasteiger partial charge < -0.3 is 5.73 Å². The molecule has 1 aliphatic heterocycles. The predicted molar refractivity (Wildman–Crippen MR) is 90.8 cm³/mol. The molecule has 21 heavy (non-hydrogen) atoms. The lowest BCUT2D eigenvalue weighted by Crippen LogP contribution is -2.39.